The van der Waals surface area contributed by atoms with Crippen molar-refractivity contribution in [2.45, 2.75) is 79.1 Å². The van der Waals surface area contributed by atoms with Crippen molar-refractivity contribution >= 4 is 0 Å². The molecule has 0 aliphatic heterocycles. The molecule has 44 heavy (non-hydrogen) atoms. The minimum atomic E-state index is 0.582. The van der Waals surface area contributed by atoms with Gasteiger partial charge in [-0.05, 0) is 97.5 Å². The average Bonchev–Trinajstić information content (AvgIpc) is 3.09. The number of unbranched alkanes of at least 4 members (excludes halogenated alkanes) is 2. The Morgan fingerprint density at radius 1 is 0.500 bits per heavy atom. The van der Waals surface area contributed by atoms with Crippen LogP contribution < -0.4 is 14.2 Å². The smallest absolute Gasteiger partial charge is 0.164 e. The maximum Gasteiger partial charge on any atom is 0.164 e. The zero-order chi connectivity index (χ0) is 31.1. The molecule has 2 atom stereocenters. The zero-order valence-electron chi connectivity index (χ0n) is 27.2. The van der Waals surface area contributed by atoms with Crippen molar-refractivity contribution < 1.29 is 14.2 Å². The molecule has 0 fully saturated rings. The van der Waals surface area contributed by atoms with Crippen LogP contribution in [0.25, 0.3) is 34.2 Å². The molecule has 0 saturated heterocycles. The Balaban J connectivity index is 1.57. The van der Waals surface area contributed by atoms with Crippen molar-refractivity contribution in [2.75, 3.05) is 20.3 Å². The van der Waals surface area contributed by atoms with E-state index in [1.54, 1.807) is 7.11 Å². The molecule has 0 saturated carbocycles. The second kappa shape index (κ2) is 17.4. The van der Waals surface area contributed by atoms with Crippen LogP contribution >= 0.6 is 0 Å². The topological polar surface area (TPSA) is 66.4 Å². The number of rotatable bonds is 18. The highest BCUT2D eigenvalue weighted by Crippen LogP contribution is 2.28. The quantitative estimate of drug-likeness (QED) is 0.114. The van der Waals surface area contributed by atoms with Gasteiger partial charge in [-0.1, -0.05) is 66.2 Å². The molecule has 3 aromatic carbocycles. The number of methoxy groups -OCH3 is 1. The zero-order valence-corrected chi connectivity index (χ0v) is 27.2. The van der Waals surface area contributed by atoms with Crippen LogP contribution in [-0.2, 0) is 0 Å². The van der Waals surface area contributed by atoms with Crippen molar-refractivity contribution in [2.24, 2.45) is 11.8 Å². The monoisotopic (exact) mass is 595 g/mol. The van der Waals surface area contributed by atoms with Crippen LogP contribution in [0.4, 0.5) is 0 Å². The first-order chi connectivity index (χ1) is 21.6. The number of ether oxygens (including phenoxy) is 3. The summed E-state index contributed by atoms with van der Waals surface area (Å²) in [5.74, 6) is 5.52. The predicted octanol–water partition coefficient (Wildman–Crippen LogP) is 10.1. The molecule has 2 unspecified atom stereocenters. The molecule has 4 rings (SSSR count). The van der Waals surface area contributed by atoms with Gasteiger partial charge in [0.05, 0.1) is 20.3 Å². The second-order valence-corrected chi connectivity index (χ2v) is 11.5. The highest BCUT2D eigenvalue weighted by molar-refractivity contribution is 5.67. The Labute approximate surface area is 264 Å². The molecule has 0 radical (unpaired) electrons. The summed E-state index contributed by atoms with van der Waals surface area (Å²) in [4.78, 5) is 14.7. The third-order valence-electron chi connectivity index (χ3n) is 8.27. The molecule has 1 heterocycles. The summed E-state index contributed by atoms with van der Waals surface area (Å²) >= 11 is 0. The molecule has 6 nitrogen and oxygen atoms in total. The lowest BCUT2D eigenvalue weighted by Gasteiger charge is -2.16. The molecule has 4 aromatic rings. The lowest BCUT2D eigenvalue weighted by atomic mass is 10.0. The molecule has 0 aliphatic rings. The van der Waals surface area contributed by atoms with Gasteiger partial charge in [-0.3, -0.25) is 0 Å². The van der Waals surface area contributed by atoms with E-state index in [4.69, 9.17) is 29.2 Å². The molecule has 0 amide bonds. The maximum atomic E-state index is 6.15. The first-order valence-corrected chi connectivity index (χ1v) is 16.4. The summed E-state index contributed by atoms with van der Waals surface area (Å²) in [6.07, 6.45) is 9.59. The summed E-state index contributed by atoms with van der Waals surface area (Å²) in [6, 6.07) is 23.9. The number of hydrogen-bond acceptors (Lipinski definition) is 6. The van der Waals surface area contributed by atoms with E-state index in [0.717, 1.165) is 60.0 Å². The average molecular weight is 596 g/mol. The summed E-state index contributed by atoms with van der Waals surface area (Å²) in [6.45, 7) is 10.4. The number of nitrogens with zero attached hydrogens (tertiary/aromatic N) is 3. The van der Waals surface area contributed by atoms with Crippen molar-refractivity contribution in [1.82, 2.24) is 15.0 Å². The minimum absolute atomic E-state index is 0.582. The summed E-state index contributed by atoms with van der Waals surface area (Å²) < 4.78 is 17.7. The van der Waals surface area contributed by atoms with Crippen molar-refractivity contribution in [3.63, 3.8) is 0 Å². The van der Waals surface area contributed by atoms with Crippen LogP contribution in [0.15, 0.2) is 72.8 Å². The van der Waals surface area contributed by atoms with Crippen molar-refractivity contribution in [1.29, 1.82) is 0 Å². The van der Waals surface area contributed by atoms with Crippen molar-refractivity contribution in [3.8, 4) is 51.4 Å². The molecule has 0 bridgehead atoms. The fourth-order valence-corrected chi connectivity index (χ4v) is 5.13. The first kappa shape index (κ1) is 33.0. The van der Waals surface area contributed by atoms with Crippen LogP contribution in [0, 0.1) is 11.8 Å². The lowest BCUT2D eigenvalue weighted by Crippen LogP contribution is -2.11. The van der Waals surface area contributed by atoms with Gasteiger partial charge in [0.1, 0.15) is 17.2 Å². The van der Waals surface area contributed by atoms with E-state index < -0.39 is 0 Å². The number of aromatic nitrogens is 3. The van der Waals surface area contributed by atoms with E-state index in [1.165, 1.54) is 38.5 Å². The summed E-state index contributed by atoms with van der Waals surface area (Å²) in [7, 11) is 1.66. The number of hydrogen-bond donors (Lipinski definition) is 0. The Kier molecular flexibility index (Phi) is 13.0. The minimum Gasteiger partial charge on any atom is -0.497 e. The van der Waals surface area contributed by atoms with E-state index >= 15 is 0 Å². The van der Waals surface area contributed by atoms with E-state index in [0.29, 0.717) is 29.3 Å². The molecule has 0 spiro atoms. The Morgan fingerprint density at radius 2 is 0.841 bits per heavy atom. The van der Waals surface area contributed by atoms with E-state index in [1.807, 2.05) is 72.8 Å². The third-order valence-corrected chi connectivity index (χ3v) is 8.27. The standard InChI is InChI=1S/C38H49N3O3/c1-6-10-12-28(8-3)26-43-34-22-16-31(17-23-34)37-39-36(30-14-20-33(42-5)21-15-30)40-38(41-37)32-18-24-35(25-19-32)44-27-29(9-4)13-11-7-2/h14-25,28-29H,6-13,26-27H2,1-5H3. The maximum absolute atomic E-state index is 6.15. The summed E-state index contributed by atoms with van der Waals surface area (Å²) in [5.41, 5.74) is 2.71. The largest absolute Gasteiger partial charge is 0.497 e. The molecular formula is C38H49N3O3. The van der Waals surface area contributed by atoms with E-state index in [9.17, 15) is 0 Å². The molecule has 0 N–H and O–H groups in total. The second-order valence-electron chi connectivity index (χ2n) is 11.5. The Bertz CT molecular complexity index is 1310. The molecule has 6 heteroatoms. The van der Waals surface area contributed by atoms with Gasteiger partial charge in [-0.25, -0.2) is 15.0 Å². The van der Waals surface area contributed by atoms with E-state index in [2.05, 4.69) is 27.7 Å². The fourth-order valence-electron chi connectivity index (χ4n) is 5.13. The van der Waals surface area contributed by atoms with Crippen LogP contribution in [0.3, 0.4) is 0 Å². The highest BCUT2D eigenvalue weighted by Gasteiger charge is 2.14. The van der Waals surface area contributed by atoms with Crippen molar-refractivity contribution in [3.05, 3.63) is 72.8 Å². The molecule has 0 aliphatic carbocycles. The Morgan fingerprint density at radius 3 is 1.14 bits per heavy atom. The van der Waals surface area contributed by atoms with E-state index in [-0.39, 0.29) is 0 Å². The fraction of sp³-hybridized carbons (Fsp3) is 0.447. The third kappa shape index (κ3) is 9.54. The van der Waals surface area contributed by atoms with Gasteiger partial charge in [0.2, 0.25) is 0 Å². The van der Waals surface area contributed by atoms with Crippen LogP contribution in [0.1, 0.15) is 79.1 Å². The molecular weight excluding hydrogens is 546 g/mol. The van der Waals surface area contributed by atoms with Gasteiger partial charge >= 0.3 is 0 Å². The highest BCUT2D eigenvalue weighted by atomic mass is 16.5. The van der Waals surface area contributed by atoms with Gasteiger partial charge in [0.25, 0.3) is 0 Å². The van der Waals surface area contributed by atoms with Gasteiger partial charge in [-0.15, -0.1) is 0 Å². The number of benzene rings is 3. The summed E-state index contributed by atoms with van der Waals surface area (Å²) in [5, 5.41) is 0. The van der Waals surface area contributed by atoms with Crippen LogP contribution in [0.2, 0.25) is 0 Å². The normalized spacial score (nSPS) is 12.5. The molecule has 1 aromatic heterocycles. The van der Waals surface area contributed by atoms with Crippen LogP contribution in [-0.4, -0.2) is 35.3 Å². The van der Waals surface area contributed by atoms with Gasteiger partial charge in [-0.2, -0.15) is 0 Å². The lowest BCUT2D eigenvalue weighted by molar-refractivity contribution is 0.233. The first-order valence-electron chi connectivity index (χ1n) is 16.4. The Hall–Kier alpha value is -3.93. The SMILES string of the molecule is CCCCC(CC)COc1ccc(-c2nc(-c3ccc(OC)cc3)nc(-c3ccc(OCC(CC)CCCC)cc3)n2)cc1. The van der Waals surface area contributed by atoms with Gasteiger partial charge in [0, 0.05) is 16.7 Å². The molecule has 234 valence electrons. The predicted molar refractivity (Wildman–Crippen MR) is 180 cm³/mol. The van der Waals surface area contributed by atoms with Gasteiger partial charge in [0.15, 0.2) is 17.5 Å². The van der Waals surface area contributed by atoms with Crippen LogP contribution in [0.5, 0.6) is 17.2 Å². The van der Waals surface area contributed by atoms with Gasteiger partial charge < -0.3 is 14.2 Å².